The number of aromatic nitrogens is 4. The van der Waals surface area contributed by atoms with Crippen LogP contribution in [0.3, 0.4) is 0 Å². The summed E-state index contributed by atoms with van der Waals surface area (Å²) in [6, 6.07) is 6.40. The Morgan fingerprint density at radius 3 is 2.53 bits per heavy atom. The maximum atomic E-state index is 13.6. The smallest absolute Gasteiger partial charge is 0.407 e. The Labute approximate surface area is 247 Å². The quantitative estimate of drug-likeness (QED) is 0.324. The highest BCUT2D eigenvalue weighted by atomic mass is 35.5. The van der Waals surface area contributed by atoms with Gasteiger partial charge in [-0.2, -0.15) is 13.2 Å². The molecule has 5 rings (SSSR count). The predicted octanol–water partition coefficient (Wildman–Crippen LogP) is 3.54. The molecule has 1 atom stereocenters. The highest BCUT2D eigenvalue weighted by Gasteiger charge is 2.37. The number of fused-ring (bicyclic) bond motifs is 1. The molecular formula is C26H23ClF3N7O5S. The number of hydrogen-bond donors (Lipinski definition) is 2. The van der Waals surface area contributed by atoms with E-state index in [-0.39, 0.29) is 45.7 Å². The molecule has 0 bridgehead atoms. The van der Waals surface area contributed by atoms with Crippen LogP contribution >= 0.6 is 11.6 Å². The number of carbonyl (C=O) groups excluding carboxylic acids is 1. The molecule has 43 heavy (non-hydrogen) atoms. The normalized spacial score (nSPS) is 16.0. The summed E-state index contributed by atoms with van der Waals surface area (Å²) in [5.74, 6) is -0.987. The van der Waals surface area contributed by atoms with Crippen LogP contribution in [-0.2, 0) is 14.8 Å². The van der Waals surface area contributed by atoms with E-state index in [9.17, 15) is 36.3 Å². The Balaban J connectivity index is 1.57. The molecule has 0 saturated carbocycles. The van der Waals surface area contributed by atoms with Gasteiger partial charge >= 0.3 is 12.3 Å². The highest BCUT2D eigenvalue weighted by Crippen LogP contribution is 2.33. The Morgan fingerprint density at radius 1 is 1.14 bits per heavy atom. The van der Waals surface area contributed by atoms with Gasteiger partial charge < -0.3 is 20.2 Å². The van der Waals surface area contributed by atoms with Crippen LogP contribution in [-0.4, -0.2) is 87.7 Å². The number of alkyl halides is 3. The summed E-state index contributed by atoms with van der Waals surface area (Å²) in [6.07, 6.45) is -0.786. The first-order valence-electron chi connectivity index (χ1n) is 12.6. The van der Waals surface area contributed by atoms with Crippen LogP contribution in [0.5, 0.6) is 0 Å². The first-order chi connectivity index (χ1) is 20.2. The molecule has 4 aromatic rings. The number of anilines is 1. The molecule has 1 fully saturated rings. The van der Waals surface area contributed by atoms with Crippen molar-refractivity contribution in [2.24, 2.45) is 0 Å². The van der Waals surface area contributed by atoms with E-state index in [1.807, 2.05) is 6.92 Å². The molecule has 0 radical (unpaired) electrons. The summed E-state index contributed by atoms with van der Waals surface area (Å²) in [6.45, 7) is -0.333. The molecule has 0 spiro atoms. The van der Waals surface area contributed by atoms with E-state index >= 15 is 0 Å². The molecule has 2 N–H and O–H groups in total. The number of pyridine rings is 1. The van der Waals surface area contributed by atoms with Crippen LogP contribution in [0.15, 0.2) is 60.0 Å². The van der Waals surface area contributed by atoms with Gasteiger partial charge in [-0.3, -0.25) is 9.78 Å². The second-order valence-electron chi connectivity index (χ2n) is 9.71. The number of rotatable bonds is 6. The number of halogens is 4. The number of aryl methyl sites for hydroxylation is 1. The molecular weight excluding hydrogens is 615 g/mol. The van der Waals surface area contributed by atoms with Gasteiger partial charge in [-0.05, 0) is 25.1 Å². The van der Waals surface area contributed by atoms with Crippen molar-refractivity contribution >= 4 is 50.5 Å². The third-order valence-electron chi connectivity index (χ3n) is 6.77. The Morgan fingerprint density at radius 2 is 1.86 bits per heavy atom. The van der Waals surface area contributed by atoms with E-state index in [0.717, 1.165) is 14.4 Å². The monoisotopic (exact) mass is 637 g/mol. The van der Waals surface area contributed by atoms with Crippen LogP contribution in [0, 0.1) is 6.92 Å². The van der Waals surface area contributed by atoms with Gasteiger partial charge in [0.1, 0.15) is 18.4 Å². The maximum absolute atomic E-state index is 13.6. The van der Waals surface area contributed by atoms with Crippen LogP contribution < -0.4 is 10.2 Å². The lowest BCUT2D eigenvalue weighted by Crippen LogP contribution is -2.61. The van der Waals surface area contributed by atoms with Gasteiger partial charge in [-0.1, -0.05) is 29.3 Å². The number of hydrogen-bond acceptors (Lipinski definition) is 8. The molecule has 12 nitrogen and oxygen atoms in total. The Hall–Kier alpha value is -4.44. The number of amides is 2. The number of benzene rings is 1. The van der Waals surface area contributed by atoms with Crippen molar-refractivity contribution in [3.63, 3.8) is 0 Å². The molecule has 1 aliphatic rings. The van der Waals surface area contributed by atoms with Gasteiger partial charge in [0.05, 0.1) is 34.6 Å². The number of carboxylic acid groups (broad SMARTS) is 1. The number of nitrogens with zero attached hydrogens (tertiary/aromatic N) is 6. The lowest BCUT2D eigenvalue weighted by Gasteiger charge is -2.40. The van der Waals surface area contributed by atoms with Crippen molar-refractivity contribution in [3.05, 3.63) is 65.7 Å². The minimum absolute atomic E-state index is 0.0159. The second kappa shape index (κ2) is 11.3. The van der Waals surface area contributed by atoms with E-state index in [0.29, 0.717) is 5.39 Å². The predicted molar refractivity (Wildman–Crippen MR) is 149 cm³/mol. The molecule has 0 unspecified atom stereocenters. The minimum atomic E-state index is -4.68. The third kappa shape index (κ3) is 6.19. The zero-order chi connectivity index (χ0) is 31.1. The molecule has 4 heterocycles. The van der Waals surface area contributed by atoms with Gasteiger partial charge in [-0.15, -0.1) is 0 Å². The highest BCUT2D eigenvalue weighted by molar-refractivity contribution is 7.90. The molecule has 0 aliphatic carbocycles. The van der Waals surface area contributed by atoms with E-state index in [1.165, 1.54) is 47.9 Å². The van der Waals surface area contributed by atoms with Gasteiger partial charge in [0.25, 0.3) is 10.0 Å². The summed E-state index contributed by atoms with van der Waals surface area (Å²) in [4.78, 5) is 39.7. The lowest BCUT2D eigenvalue weighted by molar-refractivity contribution is -0.139. The number of nitrogens with one attached hydrogen (secondary N) is 1. The van der Waals surface area contributed by atoms with Gasteiger partial charge in [0.15, 0.2) is 5.65 Å². The topological polar surface area (TPSA) is 151 Å². The second-order valence-corrected chi connectivity index (χ2v) is 12.0. The van der Waals surface area contributed by atoms with Gasteiger partial charge in [0.2, 0.25) is 5.91 Å². The van der Waals surface area contributed by atoms with E-state index < -0.39 is 47.3 Å². The minimum Gasteiger partial charge on any atom is -0.465 e. The lowest BCUT2D eigenvalue weighted by atomic mass is 10.1. The van der Waals surface area contributed by atoms with E-state index in [1.54, 1.807) is 17.4 Å². The van der Waals surface area contributed by atoms with Crippen LogP contribution in [0.1, 0.15) is 5.56 Å². The van der Waals surface area contributed by atoms with Crippen LogP contribution in [0.2, 0.25) is 5.02 Å². The molecule has 3 aromatic heterocycles. The molecule has 1 aromatic carbocycles. The summed E-state index contributed by atoms with van der Waals surface area (Å²) >= 11 is 6.20. The zero-order valence-corrected chi connectivity index (χ0v) is 23.9. The molecule has 226 valence electrons. The van der Waals surface area contributed by atoms with E-state index in [4.69, 9.17) is 11.6 Å². The Kier molecular flexibility index (Phi) is 7.91. The fraction of sp³-hybridized carbons (Fsp3) is 0.269. The van der Waals surface area contributed by atoms with E-state index in [2.05, 4.69) is 15.0 Å². The average Bonchev–Trinajstić information content (AvgIpc) is 3.35. The summed E-state index contributed by atoms with van der Waals surface area (Å²) in [7, 11) is -4.12. The van der Waals surface area contributed by atoms with Crippen LogP contribution in [0.25, 0.3) is 22.3 Å². The Bertz CT molecular complexity index is 1820. The average molecular weight is 638 g/mol. The molecule has 1 saturated heterocycles. The maximum Gasteiger partial charge on any atom is 0.407 e. The van der Waals surface area contributed by atoms with Gasteiger partial charge in [0, 0.05) is 36.4 Å². The molecule has 17 heteroatoms. The van der Waals surface area contributed by atoms with Crippen LogP contribution in [0.4, 0.5) is 23.8 Å². The van der Waals surface area contributed by atoms with Crippen molar-refractivity contribution in [2.45, 2.75) is 24.0 Å². The third-order valence-corrected chi connectivity index (χ3v) is 8.64. The number of carbonyl (C=O) groups is 2. The van der Waals surface area contributed by atoms with Crippen molar-refractivity contribution < 1.29 is 36.3 Å². The summed E-state index contributed by atoms with van der Waals surface area (Å²) in [5, 5.41) is 11.8. The van der Waals surface area contributed by atoms with Crippen molar-refractivity contribution in [1.29, 1.82) is 0 Å². The SMILES string of the molecule is Cc1ccc(S(=O)(=O)n2cc(-c3cncc(N4CCN(C(=O)O)C[C@@H]4C(=O)NCC(F)(F)F)n3)c3cc(Cl)cnc32)cc1. The van der Waals surface area contributed by atoms with Crippen molar-refractivity contribution in [3.8, 4) is 11.3 Å². The fourth-order valence-corrected chi connectivity index (χ4v) is 6.13. The largest absolute Gasteiger partial charge is 0.465 e. The fourth-order valence-electron chi connectivity index (χ4n) is 4.65. The zero-order valence-electron chi connectivity index (χ0n) is 22.3. The molecule has 2 amide bonds. The number of piperazine rings is 1. The van der Waals surface area contributed by atoms with Crippen molar-refractivity contribution in [2.75, 3.05) is 31.1 Å². The summed E-state index contributed by atoms with van der Waals surface area (Å²) < 4.78 is 66.6. The van der Waals surface area contributed by atoms with Gasteiger partial charge in [-0.25, -0.2) is 27.2 Å². The molecule has 1 aliphatic heterocycles. The van der Waals surface area contributed by atoms with Crippen molar-refractivity contribution in [1.82, 2.24) is 29.1 Å². The summed E-state index contributed by atoms with van der Waals surface area (Å²) in [5.41, 5.74) is 1.35. The first kappa shape index (κ1) is 30.0. The first-order valence-corrected chi connectivity index (χ1v) is 14.5. The standard InChI is InChI=1S/C26H23ClF3N7O5S/c1-15-2-4-17(5-3-15)43(41,42)37-12-19(18-8-16(27)9-32-23(18)37)20-10-31-11-22(34-20)36-7-6-35(25(39)40)13-21(36)24(38)33-14-26(28,29)30/h2-5,8-12,21H,6-7,13-14H2,1H3,(H,33,38)(H,39,40)/t21-/m1/s1.